The monoisotopic (exact) mass is 382 g/mol. The number of ether oxygens (including phenoxy) is 1. The Labute approximate surface area is 166 Å². The number of halogens is 2. The predicted molar refractivity (Wildman–Crippen MR) is 110 cm³/mol. The van der Waals surface area contributed by atoms with Crippen LogP contribution < -0.4 is 0 Å². The predicted octanol–water partition coefficient (Wildman–Crippen LogP) is 6.50. The lowest BCUT2D eigenvalue weighted by molar-refractivity contribution is 0.0422. The van der Waals surface area contributed by atoms with Crippen LogP contribution in [0.15, 0.2) is 54.6 Å². The smallest absolute Gasteiger partial charge is 0.140 e. The van der Waals surface area contributed by atoms with Crippen molar-refractivity contribution in [2.24, 2.45) is 0 Å². The Morgan fingerprint density at radius 2 is 1.81 bits per heavy atom. The maximum Gasteiger partial charge on any atom is 0.140 e. The van der Waals surface area contributed by atoms with Crippen molar-refractivity contribution in [2.75, 3.05) is 6.61 Å². The second-order valence-corrected chi connectivity index (χ2v) is 7.31. The summed E-state index contributed by atoms with van der Waals surface area (Å²) in [5.74, 6) is 6.10. The first-order valence-corrected chi connectivity index (χ1v) is 9.83. The van der Waals surface area contributed by atoms with Crippen LogP contribution >= 0.6 is 11.6 Å². The minimum atomic E-state index is -0.389. The van der Waals surface area contributed by atoms with E-state index in [1.165, 1.54) is 11.6 Å². The van der Waals surface area contributed by atoms with E-state index >= 15 is 0 Å². The maximum absolute atomic E-state index is 13.8. The number of rotatable bonds is 4. The molecule has 0 bridgehead atoms. The lowest BCUT2D eigenvalue weighted by Crippen LogP contribution is -2.20. The van der Waals surface area contributed by atoms with Gasteiger partial charge in [0.1, 0.15) is 5.82 Å². The number of benzene rings is 2. The lowest BCUT2D eigenvalue weighted by Gasteiger charge is -2.28. The summed E-state index contributed by atoms with van der Waals surface area (Å²) in [6, 6.07) is 12.9. The molecule has 0 unspecified atom stereocenters. The molecule has 0 aromatic heterocycles. The van der Waals surface area contributed by atoms with Crippen molar-refractivity contribution in [3.63, 3.8) is 0 Å². The first-order chi connectivity index (χ1) is 13.2. The molecule has 3 heteroatoms. The zero-order valence-electron chi connectivity index (χ0n) is 15.6. The molecule has 2 aromatic carbocycles. The topological polar surface area (TPSA) is 9.23 Å². The van der Waals surface area contributed by atoms with E-state index in [9.17, 15) is 4.39 Å². The largest absolute Gasteiger partial charge is 0.374 e. The average Bonchev–Trinajstić information content (AvgIpc) is 2.69. The fourth-order valence-corrected chi connectivity index (χ4v) is 3.58. The molecule has 0 atom stereocenters. The summed E-state index contributed by atoms with van der Waals surface area (Å²) in [5.41, 5.74) is 2.60. The van der Waals surface area contributed by atoms with Crippen molar-refractivity contribution in [2.45, 2.75) is 44.6 Å². The molecular weight excluding hydrogens is 359 g/mol. The Morgan fingerprint density at radius 1 is 1.07 bits per heavy atom. The van der Waals surface area contributed by atoms with E-state index in [0.29, 0.717) is 29.2 Å². The molecule has 2 aromatic rings. The van der Waals surface area contributed by atoms with Gasteiger partial charge in [0.2, 0.25) is 0 Å². The molecular formula is C24H24ClFO. The zero-order valence-corrected chi connectivity index (χ0v) is 16.3. The van der Waals surface area contributed by atoms with Gasteiger partial charge in [-0.25, -0.2) is 4.39 Å². The van der Waals surface area contributed by atoms with Crippen LogP contribution in [0.2, 0.25) is 5.02 Å². The third-order valence-electron chi connectivity index (χ3n) is 4.99. The molecule has 1 fully saturated rings. The van der Waals surface area contributed by atoms with Crippen LogP contribution in [0.5, 0.6) is 0 Å². The van der Waals surface area contributed by atoms with E-state index in [-0.39, 0.29) is 5.82 Å². The van der Waals surface area contributed by atoms with Gasteiger partial charge in [-0.3, -0.25) is 0 Å². The quantitative estimate of drug-likeness (QED) is 0.433. The first-order valence-electron chi connectivity index (χ1n) is 9.45. The van der Waals surface area contributed by atoms with E-state index in [1.807, 2.05) is 25.1 Å². The molecule has 1 aliphatic rings. The van der Waals surface area contributed by atoms with Crippen LogP contribution in [0.3, 0.4) is 0 Å². The Hall–Kier alpha value is -2.08. The van der Waals surface area contributed by atoms with Gasteiger partial charge in [-0.2, -0.15) is 0 Å². The fraction of sp³-hybridized carbons (Fsp3) is 0.333. The van der Waals surface area contributed by atoms with Crippen LogP contribution in [0.1, 0.15) is 55.2 Å². The number of allylic oxidation sites excluding steroid dienone is 1. The molecule has 1 aliphatic carbocycles. The minimum Gasteiger partial charge on any atom is -0.374 e. The molecule has 1 nitrogen and oxygen atoms in total. The fourth-order valence-electron chi connectivity index (χ4n) is 3.42. The van der Waals surface area contributed by atoms with Crippen LogP contribution in [-0.4, -0.2) is 12.7 Å². The van der Waals surface area contributed by atoms with E-state index in [2.05, 4.69) is 30.0 Å². The minimum absolute atomic E-state index is 0.361. The molecule has 0 heterocycles. The highest BCUT2D eigenvalue weighted by atomic mass is 35.5. The van der Waals surface area contributed by atoms with Gasteiger partial charge >= 0.3 is 0 Å². The number of hydrogen-bond donors (Lipinski definition) is 0. The highest BCUT2D eigenvalue weighted by Crippen LogP contribution is 2.34. The standard InChI is InChI=1S/C24H24ClFO/c1-2-3-16-27-23-14-11-20(12-15-23)19-7-4-18(5-8-19)6-9-21-10-13-22(25)17-24(21)26/h2-5,7-8,10,13,17,20,23H,11-12,14-16H2,1H3. The van der Waals surface area contributed by atoms with E-state index in [0.717, 1.165) is 31.2 Å². The van der Waals surface area contributed by atoms with Crippen LogP contribution in [0.25, 0.3) is 0 Å². The second kappa shape index (κ2) is 9.74. The van der Waals surface area contributed by atoms with Gasteiger partial charge in [0, 0.05) is 10.6 Å². The summed E-state index contributed by atoms with van der Waals surface area (Å²) < 4.78 is 19.7. The van der Waals surface area contributed by atoms with Gasteiger partial charge in [0.25, 0.3) is 0 Å². The van der Waals surface area contributed by atoms with Crippen molar-refractivity contribution >= 4 is 11.6 Å². The van der Waals surface area contributed by atoms with Gasteiger partial charge in [0.05, 0.1) is 18.3 Å². The van der Waals surface area contributed by atoms with Gasteiger partial charge in [0.15, 0.2) is 0 Å². The SMILES string of the molecule is CC=CCOC1CCC(c2ccc(C#Cc3ccc(Cl)cc3F)cc2)CC1. The first kappa shape index (κ1) is 19.7. The Balaban J connectivity index is 1.58. The molecule has 140 valence electrons. The van der Waals surface area contributed by atoms with Gasteiger partial charge in [-0.05, 0) is 74.4 Å². The van der Waals surface area contributed by atoms with E-state index < -0.39 is 0 Å². The highest BCUT2D eigenvalue weighted by molar-refractivity contribution is 6.30. The van der Waals surface area contributed by atoms with Crippen molar-refractivity contribution in [1.29, 1.82) is 0 Å². The van der Waals surface area contributed by atoms with E-state index in [4.69, 9.17) is 16.3 Å². The van der Waals surface area contributed by atoms with Crippen molar-refractivity contribution < 1.29 is 9.13 Å². The van der Waals surface area contributed by atoms with Crippen LogP contribution in [0, 0.1) is 17.7 Å². The third-order valence-corrected chi connectivity index (χ3v) is 5.23. The molecule has 1 saturated carbocycles. The molecule has 0 amide bonds. The van der Waals surface area contributed by atoms with Crippen molar-refractivity contribution in [3.8, 4) is 11.8 Å². The zero-order chi connectivity index (χ0) is 19.1. The summed E-state index contributed by atoms with van der Waals surface area (Å²) in [7, 11) is 0. The third kappa shape index (κ3) is 5.70. The Kier molecular flexibility index (Phi) is 7.10. The lowest BCUT2D eigenvalue weighted by atomic mass is 9.82. The van der Waals surface area contributed by atoms with E-state index in [1.54, 1.807) is 12.1 Å². The summed E-state index contributed by atoms with van der Waals surface area (Å²) in [4.78, 5) is 0. The molecule has 0 saturated heterocycles. The Morgan fingerprint density at radius 3 is 2.48 bits per heavy atom. The summed E-state index contributed by atoms with van der Waals surface area (Å²) in [6.07, 6.45) is 9.00. The molecule has 0 radical (unpaired) electrons. The van der Waals surface area contributed by atoms with Crippen molar-refractivity contribution in [3.05, 3.63) is 82.1 Å². The number of hydrogen-bond acceptors (Lipinski definition) is 1. The molecule has 0 N–H and O–H groups in total. The van der Waals surface area contributed by atoms with Gasteiger partial charge < -0.3 is 4.74 Å². The summed E-state index contributed by atoms with van der Waals surface area (Å²) in [5, 5.41) is 0.379. The molecule has 0 spiro atoms. The second-order valence-electron chi connectivity index (χ2n) is 6.87. The average molecular weight is 383 g/mol. The normalized spacial score (nSPS) is 19.7. The summed E-state index contributed by atoms with van der Waals surface area (Å²) >= 11 is 5.77. The highest BCUT2D eigenvalue weighted by Gasteiger charge is 2.22. The maximum atomic E-state index is 13.8. The summed E-state index contributed by atoms with van der Waals surface area (Å²) in [6.45, 7) is 2.73. The molecule has 0 aliphatic heterocycles. The van der Waals surface area contributed by atoms with Crippen LogP contribution in [0.4, 0.5) is 4.39 Å². The molecule has 3 rings (SSSR count). The Bertz CT molecular complexity index is 837. The van der Waals surface area contributed by atoms with Crippen LogP contribution in [-0.2, 0) is 4.74 Å². The van der Waals surface area contributed by atoms with Crippen molar-refractivity contribution in [1.82, 2.24) is 0 Å². The van der Waals surface area contributed by atoms with Gasteiger partial charge in [-0.1, -0.05) is 47.7 Å². The van der Waals surface area contributed by atoms with Gasteiger partial charge in [-0.15, -0.1) is 0 Å². The molecule has 27 heavy (non-hydrogen) atoms.